The third-order valence-corrected chi connectivity index (χ3v) is 5.69. The van der Waals surface area contributed by atoms with Gasteiger partial charge in [0.1, 0.15) is 0 Å². The van der Waals surface area contributed by atoms with Crippen molar-refractivity contribution in [2.75, 3.05) is 18.4 Å². The number of hydrogen-bond acceptors (Lipinski definition) is 4. The molecule has 0 unspecified atom stereocenters. The van der Waals surface area contributed by atoms with Crippen LogP contribution in [0.3, 0.4) is 0 Å². The summed E-state index contributed by atoms with van der Waals surface area (Å²) in [6.07, 6.45) is 2.01. The topological polar surface area (TPSA) is 75.4 Å². The van der Waals surface area contributed by atoms with Crippen molar-refractivity contribution in [2.45, 2.75) is 46.0 Å². The molecule has 1 saturated heterocycles. The Balaban J connectivity index is 1.73. The van der Waals surface area contributed by atoms with Gasteiger partial charge in [0.25, 0.3) is 5.91 Å². The van der Waals surface area contributed by atoms with Crippen LogP contribution in [0.4, 0.5) is 5.69 Å². The lowest BCUT2D eigenvalue weighted by atomic mass is 9.87. The highest BCUT2D eigenvalue weighted by Crippen LogP contribution is 2.33. The zero-order valence-corrected chi connectivity index (χ0v) is 19.1. The number of hydrogen-bond donors (Lipinski definition) is 1. The van der Waals surface area contributed by atoms with Crippen LogP contribution in [0.5, 0.6) is 0 Å². The average molecular weight is 432 g/mol. The molecule has 0 aliphatic carbocycles. The highest BCUT2D eigenvalue weighted by Gasteiger charge is 2.28. The molecule has 6 nitrogen and oxygen atoms in total. The summed E-state index contributed by atoms with van der Waals surface area (Å²) in [5.41, 5.74) is 3.85. The number of oxazole rings is 1. The molecule has 2 heterocycles. The first-order valence-corrected chi connectivity index (χ1v) is 11.0. The Morgan fingerprint density at radius 3 is 2.09 bits per heavy atom. The summed E-state index contributed by atoms with van der Waals surface area (Å²) in [6.45, 7) is 9.45. The van der Waals surface area contributed by atoms with Gasteiger partial charge < -0.3 is 14.6 Å². The van der Waals surface area contributed by atoms with Crippen LogP contribution in [0.25, 0.3) is 22.8 Å². The van der Waals surface area contributed by atoms with Gasteiger partial charge in [-0.3, -0.25) is 9.59 Å². The fourth-order valence-corrected chi connectivity index (χ4v) is 3.88. The SMILES string of the molecule is CC(=O)Nc1ccc(-c2oc(-c3ccc(C(C)(C)C)cc3)nc2C(=O)N2CCCC2)cc1. The Morgan fingerprint density at radius 2 is 1.53 bits per heavy atom. The maximum Gasteiger partial charge on any atom is 0.276 e. The van der Waals surface area contributed by atoms with Gasteiger partial charge in [0.05, 0.1) is 0 Å². The van der Waals surface area contributed by atoms with E-state index in [0.717, 1.165) is 37.1 Å². The fourth-order valence-electron chi connectivity index (χ4n) is 3.88. The molecule has 1 aliphatic heterocycles. The predicted molar refractivity (Wildman–Crippen MR) is 126 cm³/mol. The van der Waals surface area contributed by atoms with Crippen LogP contribution >= 0.6 is 0 Å². The number of nitrogens with zero attached hydrogens (tertiary/aromatic N) is 2. The molecule has 1 aliphatic rings. The lowest BCUT2D eigenvalue weighted by molar-refractivity contribution is -0.114. The van der Waals surface area contributed by atoms with Gasteiger partial charge in [0.15, 0.2) is 11.5 Å². The van der Waals surface area contributed by atoms with E-state index in [1.54, 1.807) is 12.1 Å². The maximum atomic E-state index is 13.2. The van der Waals surface area contributed by atoms with Crippen LogP contribution in [0.2, 0.25) is 0 Å². The van der Waals surface area contributed by atoms with Crippen molar-refractivity contribution >= 4 is 17.5 Å². The van der Waals surface area contributed by atoms with Gasteiger partial charge in [-0.1, -0.05) is 32.9 Å². The van der Waals surface area contributed by atoms with Crippen molar-refractivity contribution in [2.24, 2.45) is 0 Å². The number of nitrogens with one attached hydrogen (secondary N) is 1. The molecular weight excluding hydrogens is 402 g/mol. The van der Waals surface area contributed by atoms with E-state index in [1.165, 1.54) is 12.5 Å². The molecule has 2 amide bonds. The van der Waals surface area contributed by atoms with E-state index in [0.29, 0.717) is 23.0 Å². The molecule has 1 aromatic heterocycles. The van der Waals surface area contributed by atoms with Gasteiger partial charge in [-0.25, -0.2) is 4.98 Å². The second-order valence-corrected chi connectivity index (χ2v) is 9.28. The normalized spacial score (nSPS) is 13.9. The van der Waals surface area contributed by atoms with E-state index >= 15 is 0 Å². The van der Waals surface area contributed by atoms with Crippen LogP contribution in [0.1, 0.15) is 56.6 Å². The molecule has 0 radical (unpaired) electrons. The number of amides is 2. The van der Waals surface area contributed by atoms with E-state index in [9.17, 15) is 9.59 Å². The van der Waals surface area contributed by atoms with Gasteiger partial charge in [0, 0.05) is 36.8 Å². The molecular formula is C26H29N3O3. The minimum absolute atomic E-state index is 0.0484. The van der Waals surface area contributed by atoms with Crippen LogP contribution in [-0.2, 0) is 10.2 Å². The van der Waals surface area contributed by atoms with E-state index in [-0.39, 0.29) is 17.2 Å². The highest BCUT2D eigenvalue weighted by molar-refractivity contribution is 5.98. The Morgan fingerprint density at radius 1 is 0.938 bits per heavy atom. The number of likely N-dealkylation sites (tertiary alicyclic amines) is 1. The van der Waals surface area contributed by atoms with Gasteiger partial charge in [-0.15, -0.1) is 0 Å². The van der Waals surface area contributed by atoms with E-state index in [1.807, 2.05) is 29.2 Å². The summed E-state index contributed by atoms with van der Waals surface area (Å²) < 4.78 is 6.17. The fraction of sp³-hybridized carbons (Fsp3) is 0.346. The first kappa shape index (κ1) is 21.8. The zero-order valence-electron chi connectivity index (χ0n) is 19.1. The smallest absolute Gasteiger partial charge is 0.276 e. The van der Waals surface area contributed by atoms with Crippen molar-refractivity contribution in [3.8, 4) is 22.8 Å². The van der Waals surface area contributed by atoms with Crippen molar-refractivity contribution < 1.29 is 14.0 Å². The van der Waals surface area contributed by atoms with E-state index < -0.39 is 0 Å². The third-order valence-electron chi connectivity index (χ3n) is 5.69. The number of rotatable bonds is 4. The number of benzene rings is 2. The Labute approximate surface area is 188 Å². The summed E-state index contributed by atoms with van der Waals surface area (Å²) in [7, 11) is 0. The molecule has 1 fully saturated rings. The van der Waals surface area contributed by atoms with Crippen LogP contribution in [0, 0.1) is 0 Å². The molecule has 0 spiro atoms. The van der Waals surface area contributed by atoms with Crippen LogP contribution in [-0.4, -0.2) is 34.8 Å². The lowest BCUT2D eigenvalue weighted by Crippen LogP contribution is -2.28. The molecule has 3 aromatic rings. The first-order valence-electron chi connectivity index (χ1n) is 11.0. The van der Waals surface area contributed by atoms with Gasteiger partial charge in [-0.05, 0) is 60.2 Å². The summed E-state index contributed by atoms with van der Waals surface area (Å²) in [5.74, 6) is 0.633. The largest absolute Gasteiger partial charge is 0.435 e. The van der Waals surface area contributed by atoms with Crippen molar-refractivity contribution in [3.63, 3.8) is 0 Å². The molecule has 2 aromatic carbocycles. The van der Waals surface area contributed by atoms with Crippen LogP contribution < -0.4 is 5.32 Å². The quantitative estimate of drug-likeness (QED) is 0.592. The summed E-state index contributed by atoms with van der Waals surface area (Å²) in [4.78, 5) is 31.0. The molecule has 32 heavy (non-hydrogen) atoms. The minimum Gasteiger partial charge on any atom is -0.435 e. The lowest BCUT2D eigenvalue weighted by Gasteiger charge is -2.18. The second-order valence-electron chi connectivity index (χ2n) is 9.28. The maximum absolute atomic E-state index is 13.2. The highest BCUT2D eigenvalue weighted by atomic mass is 16.4. The standard InChI is InChI=1S/C26H29N3O3/c1-17(30)27-21-13-9-18(10-14-21)23-22(25(31)29-15-5-6-16-29)28-24(32-23)19-7-11-20(12-8-19)26(2,3)4/h7-14H,5-6,15-16H2,1-4H3,(H,27,30). The number of carbonyl (C=O) groups excluding carboxylic acids is 2. The molecule has 1 N–H and O–H groups in total. The molecule has 0 saturated carbocycles. The van der Waals surface area contributed by atoms with Crippen molar-refractivity contribution in [1.82, 2.24) is 9.88 Å². The number of carbonyl (C=O) groups is 2. The zero-order chi connectivity index (χ0) is 22.9. The first-order chi connectivity index (χ1) is 15.2. The van der Waals surface area contributed by atoms with E-state index in [2.05, 4.69) is 43.2 Å². The molecule has 0 bridgehead atoms. The second kappa shape index (κ2) is 8.61. The van der Waals surface area contributed by atoms with Crippen molar-refractivity contribution in [1.29, 1.82) is 0 Å². The molecule has 6 heteroatoms. The Bertz CT molecular complexity index is 1120. The van der Waals surface area contributed by atoms with E-state index in [4.69, 9.17) is 4.42 Å². The number of anilines is 1. The summed E-state index contributed by atoms with van der Waals surface area (Å²) >= 11 is 0. The monoisotopic (exact) mass is 431 g/mol. The predicted octanol–water partition coefficient (Wildman–Crippen LogP) is 5.50. The van der Waals surface area contributed by atoms with Gasteiger partial charge in [-0.2, -0.15) is 0 Å². The third kappa shape index (κ3) is 4.59. The Hall–Kier alpha value is -3.41. The Kier molecular flexibility index (Phi) is 5.87. The summed E-state index contributed by atoms with van der Waals surface area (Å²) in [5, 5.41) is 2.75. The minimum atomic E-state index is -0.136. The van der Waals surface area contributed by atoms with Crippen molar-refractivity contribution in [3.05, 3.63) is 59.8 Å². The summed E-state index contributed by atoms with van der Waals surface area (Å²) in [6, 6.07) is 15.4. The molecule has 166 valence electrons. The van der Waals surface area contributed by atoms with Crippen LogP contribution in [0.15, 0.2) is 52.9 Å². The van der Waals surface area contributed by atoms with Gasteiger partial charge in [0.2, 0.25) is 11.8 Å². The average Bonchev–Trinajstić information content (AvgIpc) is 3.43. The molecule has 4 rings (SSSR count). The van der Waals surface area contributed by atoms with Gasteiger partial charge >= 0.3 is 0 Å². The number of aromatic nitrogens is 1. The molecule has 0 atom stereocenters.